The van der Waals surface area contributed by atoms with Gasteiger partial charge in [0.15, 0.2) is 14.6 Å². The number of hydrogen-bond acceptors (Lipinski definition) is 8. The van der Waals surface area contributed by atoms with Crippen molar-refractivity contribution in [2.45, 2.75) is 24.6 Å². The molecule has 0 unspecified atom stereocenters. The van der Waals surface area contributed by atoms with Gasteiger partial charge in [-0.2, -0.15) is 5.10 Å². The van der Waals surface area contributed by atoms with E-state index in [4.69, 9.17) is 19.5 Å². The standard InChI is InChI=1S/C22H22N4O5S.CH2O2/c1-22(21(27)25-28,32(2,29)30)9-11-26-14-18-13-17(7-8-19(18)24-26)15-3-5-16(6-4-15)20-23-10-12-31-20;2-1-3/h3-8,10,12-14,28H,9,11H2,1-2H3,(H,25,27);1H,(H,2,3)/t22-;/m1./s1. The van der Waals surface area contributed by atoms with Crippen LogP contribution < -0.4 is 5.48 Å². The average Bonchev–Trinajstić information content (AvgIpc) is 3.51. The van der Waals surface area contributed by atoms with E-state index in [1.165, 1.54) is 18.7 Å². The number of aryl methyl sites for hydroxylation is 1. The third-order valence-corrected chi connectivity index (χ3v) is 7.69. The van der Waals surface area contributed by atoms with Crippen LogP contribution in [0, 0.1) is 0 Å². The molecule has 184 valence electrons. The van der Waals surface area contributed by atoms with Gasteiger partial charge >= 0.3 is 0 Å². The Morgan fingerprint density at radius 3 is 2.37 bits per heavy atom. The van der Waals surface area contributed by atoms with Gasteiger partial charge in [0.25, 0.3) is 12.4 Å². The fraction of sp³-hybridized carbons (Fsp3) is 0.217. The van der Waals surface area contributed by atoms with Crippen LogP contribution in [-0.2, 0) is 26.0 Å². The highest BCUT2D eigenvalue weighted by Crippen LogP contribution is 2.27. The van der Waals surface area contributed by atoms with E-state index in [0.717, 1.165) is 33.8 Å². The molecule has 35 heavy (non-hydrogen) atoms. The van der Waals surface area contributed by atoms with Gasteiger partial charge in [-0.3, -0.25) is 19.5 Å². The number of oxazole rings is 1. The number of nitrogens with zero attached hydrogens (tertiary/aromatic N) is 3. The molecule has 0 aliphatic rings. The normalized spacial score (nSPS) is 12.9. The number of fused-ring (bicyclic) bond motifs is 1. The summed E-state index contributed by atoms with van der Waals surface area (Å²) in [5.74, 6) is -0.406. The van der Waals surface area contributed by atoms with Crippen molar-refractivity contribution in [3.05, 3.63) is 61.1 Å². The van der Waals surface area contributed by atoms with Gasteiger partial charge in [0.05, 0.1) is 11.7 Å². The molecule has 0 saturated carbocycles. The smallest absolute Gasteiger partial charge is 0.290 e. The number of hydroxylamine groups is 1. The Kier molecular flexibility index (Phi) is 7.67. The molecule has 0 spiro atoms. The van der Waals surface area contributed by atoms with Crippen molar-refractivity contribution in [1.82, 2.24) is 20.2 Å². The summed E-state index contributed by atoms with van der Waals surface area (Å²) in [6.45, 7) is 1.23. The molecule has 11 nitrogen and oxygen atoms in total. The summed E-state index contributed by atoms with van der Waals surface area (Å²) in [5, 5.41) is 21.2. The van der Waals surface area contributed by atoms with Gasteiger partial charge in [-0.1, -0.05) is 18.2 Å². The molecule has 0 bridgehead atoms. The summed E-state index contributed by atoms with van der Waals surface area (Å²) < 4.78 is 29.4. The molecule has 1 atom stereocenters. The van der Waals surface area contributed by atoms with Gasteiger partial charge in [0.1, 0.15) is 6.26 Å². The molecule has 0 aliphatic carbocycles. The van der Waals surface area contributed by atoms with E-state index in [9.17, 15) is 13.2 Å². The van der Waals surface area contributed by atoms with E-state index in [0.29, 0.717) is 5.89 Å². The van der Waals surface area contributed by atoms with Crippen LogP contribution in [0.15, 0.2) is 65.5 Å². The predicted octanol–water partition coefficient (Wildman–Crippen LogP) is 2.76. The van der Waals surface area contributed by atoms with Crippen molar-refractivity contribution >= 4 is 33.1 Å². The summed E-state index contributed by atoms with van der Waals surface area (Å²) in [7, 11) is -3.76. The van der Waals surface area contributed by atoms with Crippen LogP contribution in [-0.4, -0.2) is 56.9 Å². The van der Waals surface area contributed by atoms with Crippen molar-refractivity contribution in [3.63, 3.8) is 0 Å². The van der Waals surface area contributed by atoms with Gasteiger partial charge < -0.3 is 9.52 Å². The number of sulfone groups is 1. The fourth-order valence-corrected chi connectivity index (χ4v) is 4.30. The quantitative estimate of drug-likeness (QED) is 0.196. The van der Waals surface area contributed by atoms with Crippen LogP contribution >= 0.6 is 0 Å². The Morgan fingerprint density at radius 2 is 1.80 bits per heavy atom. The third-order valence-electron chi connectivity index (χ3n) is 5.67. The molecule has 12 heteroatoms. The number of rotatable bonds is 7. The summed E-state index contributed by atoms with van der Waals surface area (Å²) in [6, 6.07) is 13.7. The van der Waals surface area contributed by atoms with Gasteiger partial charge in [-0.25, -0.2) is 18.9 Å². The van der Waals surface area contributed by atoms with E-state index in [1.54, 1.807) is 17.1 Å². The number of aromatic nitrogens is 3. The van der Waals surface area contributed by atoms with Crippen LogP contribution in [0.5, 0.6) is 0 Å². The van der Waals surface area contributed by atoms with Crippen LogP contribution in [0.4, 0.5) is 0 Å². The molecular weight excluding hydrogens is 476 g/mol. The first-order chi connectivity index (χ1) is 16.6. The van der Waals surface area contributed by atoms with Crippen LogP contribution in [0.3, 0.4) is 0 Å². The molecule has 0 saturated heterocycles. The molecule has 4 rings (SSSR count). The van der Waals surface area contributed by atoms with Gasteiger partial charge in [-0.05, 0) is 48.7 Å². The minimum Gasteiger partial charge on any atom is -0.483 e. The van der Waals surface area contributed by atoms with Crippen molar-refractivity contribution in [2.75, 3.05) is 6.26 Å². The van der Waals surface area contributed by atoms with Crippen molar-refractivity contribution in [3.8, 4) is 22.6 Å². The molecule has 2 aromatic heterocycles. The molecule has 1 amide bonds. The number of carbonyl (C=O) groups is 2. The third kappa shape index (κ3) is 5.55. The van der Waals surface area contributed by atoms with Crippen molar-refractivity contribution < 1.29 is 32.7 Å². The lowest BCUT2D eigenvalue weighted by molar-refractivity contribution is -0.131. The number of amides is 1. The van der Waals surface area contributed by atoms with Gasteiger partial charge in [-0.15, -0.1) is 0 Å². The SMILES string of the molecule is C[C@@](CCn1cc2cc(-c3ccc(-c4ncco4)cc3)ccc2n1)(C(=O)NO)S(C)(=O)=O.O=CO. The van der Waals surface area contributed by atoms with Gasteiger partial charge in [0.2, 0.25) is 5.89 Å². The molecule has 0 radical (unpaired) electrons. The van der Waals surface area contributed by atoms with Crippen molar-refractivity contribution in [1.29, 1.82) is 0 Å². The van der Waals surface area contributed by atoms with E-state index < -0.39 is 20.5 Å². The summed E-state index contributed by atoms with van der Waals surface area (Å²) in [6.07, 6.45) is 5.87. The number of carbonyl (C=O) groups excluding carboxylic acids is 1. The lowest BCUT2D eigenvalue weighted by Crippen LogP contribution is -2.49. The summed E-state index contributed by atoms with van der Waals surface area (Å²) in [5.41, 5.74) is 5.10. The first kappa shape index (κ1) is 25.6. The second-order valence-corrected chi connectivity index (χ2v) is 10.3. The molecule has 3 N–H and O–H groups in total. The highest BCUT2D eigenvalue weighted by atomic mass is 32.2. The van der Waals surface area contributed by atoms with E-state index in [1.807, 2.05) is 42.5 Å². The highest BCUT2D eigenvalue weighted by Gasteiger charge is 2.43. The molecule has 2 aromatic carbocycles. The molecule has 4 aromatic rings. The molecule has 0 aliphatic heterocycles. The first-order valence-electron chi connectivity index (χ1n) is 10.3. The van der Waals surface area contributed by atoms with E-state index in [-0.39, 0.29) is 19.4 Å². The average molecular weight is 501 g/mol. The summed E-state index contributed by atoms with van der Waals surface area (Å²) >= 11 is 0. The monoisotopic (exact) mass is 500 g/mol. The topological polar surface area (TPSA) is 165 Å². The van der Waals surface area contributed by atoms with E-state index in [2.05, 4.69) is 10.1 Å². The lowest BCUT2D eigenvalue weighted by Gasteiger charge is -2.24. The van der Waals surface area contributed by atoms with Crippen LogP contribution in [0.2, 0.25) is 0 Å². The number of benzene rings is 2. The largest absolute Gasteiger partial charge is 0.483 e. The molecular formula is C23H24N4O7S. The van der Waals surface area contributed by atoms with Crippen LogP contribution in [0.25, 0.3) is 33.5 Å². The van der Waals surface area contributed by atoms with E-state index >= 15 is 0 Å². The molecule has 0 fully saturated rings. The zero-order valence-corrected chi connectivity index (χ0v) is 19.8. The summed E-state index contributed by atoms with van der Waals surface area (Å²) in [4.78, 5) is 24.5. The Morgan fingerprint density at radius 1 is 1.17 bits per heavy atom. The zero-order valence-electron chi connectivity index (χ0n) is 19.0. The lowest BCUT2D eigenvalue weighted by atomic mass is 10.0. The first-order valence-corrected chi connectivity index (χ1v) is 12.2. The Bertz CT molecular complexity index is 1410. The second kappa shape index (κ2) is 10.5. The Labute approximate surface area is 200 Å². The predicted molar refractivity (Wildman–Crippen MR) is 127 cm³/mol. The van der Waals surface area contributed by atoms with Crippen LogP contribution in [0.1, 0.15) is 13.3 Å². The minimum atomic E-state index is -3.76. The maximum absolute atomic E-state index is 12.1. The fourth-order valence-electron chi connectivity index (χ4n) is 3.46. The number of hydrogen-bond donors (Lipinski definition) is 3. The minimum absolute atomic E-state index is 0.0403. The highest BCUT2D eigenvalue weighted by molar-refractivity contribution is 7.92. The maximum Gasteiger partial charge on any atom is 0.290 e. The Hall–Kier alpha value is -4.03. The second-order valence-electron chi connectivity index (χ2n) is 7.88. The maximum atomic E-state index is 12.1. The Balaban J connectivity index is 0.00000108. The van der Waals surface area contributed by atoms with Crippen molar-refractivity contribution in [2.24, 2.45) is 0 Å². The zero-order chi connectivity index (χ0) is 25.6. The number of carboxylic acid groups (broad SMARTS) is 1. The van der Waals surface area contributed by atoms with Gasteiger partial charge in [0, 0.05) is 29.9 Å². The molecule has 2 heterocycles. The number of nitrogens with one attached hydrogen (secondary N) is 1.